The van der Waals surface area contributed by atoms with Crippen molar-refractivity contribution in [1.82, 2.24) is 0 Å². The van der Waals surface area contributed by atoms with E-state index in [9.17, 15) is 0 Å². The Labute approximate surface area is 111 Å². The van der Waals surface area contributed by atoms with Gasteiger partial charge in [-0.1, -0.05) is 12.2 Å². The lowest BCUT2D eigenvalue weighted by Gasteiger charge is -2.36. The van der Waals surface area contributed by atoms with Gasteiger partial charge in [0.05, 0.1) is 0 Å². The molecule has 0 aliphatic carbocycles. The highest BCUT2D eigenvalue weighted by molar-refractivity contribution is 5.72. The summed E-state index contributed by atoms with van der Waals surface area (Å²) in [7, 11) is 0. The zero-order chi connectivity index (χ0) is 13.7. The first-order chi connectivity index (χ1) is 8.24. The molecule has 1 aliphatic heterocycles. The van der Waals surface area contributed by atoms with Gasteiger partial charge in [-0.05, 0) is 82.2 Å². The normalized spacial score (nSPS) is 17.0. The molecule has 0 N–H and O–H groups in total. The summed E-state index contributed by atoms with van der Waals surface area (Å²) in [6, 6.07) is 0. The van der Waals surface area contributed by atoms with Crippen molar-refractivity contribution >= 4 is 5.57 Å². The summed E-state index contributed by atoms with van der Waals surface area (Å²) in [4.78, 5) is 0. The quantitative estimate of drug-likeness (QED) is 0.692. The molecule has 0 spiro atoms. The van der Waals surface area contributed by atoms with Gasteiger partial charge in [-0.3, -0.25) is 0 Å². The van der Waals surface area contributed by atoms with Crippen LogP contribution in [-0.4, -0.2) is 5.60 Å². The van der Waals surface area contributed by atoms with Crippen molar-refractivity contribution in [3.63, 3.8) is 0 Å². The molecule has 1 nitrogen and oxygen atoms in total. The first-order valence-corrected chi connectivity index (χ1v) is 6.72. The summed E-state index contributed by atoms with van der Waals surface area (Å²) < 4.78 is 6.22. The standard InChI is InChI=1S/C17H24O/c1-10(2)15-11(3)12(4)16-14(13(15)5)8-9-17(6,7)18-16/h1,8-9H2,2-7H3. The van der Waals surface area contributed by atoms with Crippen LogP contribution in [0.1, 0.15) is 55.0 Å². The van der Waals surface area contributed by atoms with Crippen LogP contribution in [0.25, 0.3) is 5.57 Å². The van der Waals surface area contributed by atoms with Crippen LogP contribution in [0.5, 0.6) is 5.75 Å². The van der Waals surface area contributed by atoms with E-state index in [-0.39, 0.29) is 5.60 Å². The summed E-state index contributed by atoms with van der Waals surface area (Å²) in [5, 5.41) is 0. The summed E-state index contributed by atoms with van der Waals surface area (Å²) >= 11 is 0. The molecule has 0 saturated carbocycles. The Balaban J connectivity index is 2.70. The summed E-state index contributed by atoms with van der Waals surface area (Å²) in [5.41, 5.74) is 7.78. The third-order valence-corrected chi connectivity index (χ3v) is 4.16. The highest BCUT2D eigenvalue weighted by Gasteiger charge is 2.30. The molecule has 0 bridgehead atoms. The molecule has 0 amide bonds. The Bertz CT molecular complexity index is 521. The fourth-order valence-corrected chi connectivity index (χ4v) is 3.02. The van der Waals surface area contributed by atoms with Gasteiger partial charge in [-0.25, -0.2) is 0 Å². The SMILES string of the molecule is C=C(C)c1c(C)c(C)c2c(c1C)CCC(C)(C)O2. The number of rotatable bonds is 1. The van der Waals surface area contributed by atoms with Crippen molar-refractivity contribution < 1.29 is 4.74 Å². The van der Waals surface area contributed by atoms with Crippen LogP contribution in [0.3, 0.4) is 0 Å². The lowest BCUT2D eigenvalue weighted by atomic mass is 9.84. The molecule has 0 saturated heterocycles. The van der Waals surface area contributed by atoms with Crippen LogP contribution in [-0.2, 0) is 6.42 Å². The van der Waals surface area contributed by atoms with E-state index in [0.29, 0.717) is 0 Å². The van der Waals surface area contributed by atoms with Crippen LogP contribution in [0.4, 0.5) is 0 Å². The zero-order valence-electron chi connectivity index (χ0n) is 12.5. The van der Waals surface area contributed by atoms with Gasteiger partial charge in [0, 0.05) is 0 Å². The van der Waals surface area contributed by atoms with Crippen LogP contribution >= 0.6 is 0 Å². The van der Waals surface area contributed by atoms with Gasteiger partial charge in [-0.15, -0.1) is 0 Å². The maximum Gasteiger partial charge on any atom is 0.126 e. The minimum atomic E-state index is -0.0403. The molecule has 0 aromatic heterocycles. The number of hydrogen-bond donors (Lipinski definition) is 0. The van der Waals surface area contributed by atoms with Gasteiger partial charge in [0.2, 0.25) is 0 Å². The van der Waals surface area contributed by atoms with Crippen LogP contribution in [0.15, 0.2) is 6.58 Å². The molecular weight excluding hydrogens is 220 g/mol. The van der Waals surface area contributed by atoms with Gasteiger partial charge in [-0.2, -0.15) is 0 Å². The molecule has 98 valence electrons. The topological polar surface area (TPSA) is 9.23 Å². The second kappa shape index (κ2) is 4.15. The first-order valence-electron chi connectivity index (χ1n) is 6.72. The summed E-state index contributed by atoms with van der Waals surface area (Å²) in [6.07, 6.45) is 2.19. The Kier molecular flexibility index (Phi) is 3.04. The maximum atomic E-state index is 6.22. The van der Waals surface area contributed by atoms with Gasteiger partial charge in [0.15, 0.2) is 0 Å². The van der Waals surface area contributed by atoms with Crippen molar-refractivity contribution in [2.75, 3.05) is 0 Å². The second-order valence-electron chi connectivity index (χ2n) is 6.20. The van der Waals surface area contributed by atoms with Gasteiger partial charge >= 0.3 is 0 Å². The Morgan fingerprint density at radius 1 is 1.11 bits per heavy atom. The lowest BCUT2D eigenvalue weighted by Crippen LogP contribution is -2.33. The fourth-order valence-electron chi connectivity index (χ4n) is 3.02. The van der Waals surface area contributed by atoms with E-state index in [1.165, 1.54) is 27.8 Å². The van der Waals surface area contributed by atoms with E-state index in [0.717, 1.165) is 24.2 Å². The summed E-state index contributed by atoms with van der Waals surface area (Å²) in [6.45, 7) is 17.1. The minimum absolute atomic E-state index is 0.0403. The highest BCUT2D eigenvalue weighted by atomic mass is 16.5. The van der Waals surface area contributed by atoms with E-state index >= 15 is 0 Å². The predicted octanol–water partition coefficient (Wildman–Crippen LogP) is 4.75. The lowest BCUT2D eigenvalue weighted by molar-refractivity contribution is 0.0834. The van der Waals surface area contributed by atoms with Crippen molar-refractivity contribution in [1.29, 1.82) is 0 Å². The maximum absolute atomic E-state index is 6.22. The molecule has 0 fully saturated rings. The van der Waals surface area contributed by atoms with Crippen molar-refractivity contribution in [2.24, 2.45) is 0 Å². The molecule has 2 rings (SSSR count). The third kappa shape index (κ3) is 1.96. The van der Waals surface area contributed by atoms with E-state index in [4.69, 9.17) is 4.74 Å². The minimum Gasteiger partial charge on any atom is -0.487 e. The average Bonchev–Trinajstić information content (AvgIpc) is 2.24. The third-order valence-electron chi connectivity index (χ3n) is 4.16. The molecule has 1 aliphatic rings. The van der Waals surface area contributed by atoms with E-state index in [2.05, 4.69) is 48.1 Å². The second-order valence-corrected chi connectivity index (χ2v) is 6.20. The molecule has 0 unspecified atom stereocenters. The van der Waals surface area contributed by atoms with Gasteiger partial charge in [0.1, 0.15) is 11.4 Å². The fraction of sp³-hybridized carbons (Fsp3) is 0.529. The largest absolute Gasteiger partial charge is 0.487 e. The first kappa shape index (κ1) is 13.2. The zero-order valence-corrected chi connectivity index (χ0v) is 12.5. The smallest absolute Gasteiger partial charge is 0.126 e. The van der Waals surface area contributed by atoms with Crippen LogP contribution in [0, 0.1) is 20.8 Å². The number of benzene rings is 1. The molecular formula is C17H24O. The van der Waals surface area contributed by atoms with Gasteiger partial charge < -0.3 is 4.74 Å². The van der Waals surface area contributed by atoms with E-state index in [1.54, 1.807) is 0 Å². The Morgan fingerprint density at radius 3 is 2.28 bits per heavy atom. The van der Waals surface area contributed by atoms with E-state index < -0.39 is 0 Å². The molecule has 1 aromatic carbocycles. The van der Waals surface area contributed by atoms with Crippen molar-refractivity contribution in [3.05, 3.63) is 34.4 Å². The number of ether oxygens (including phenoxy) is 1. The molecule has 1 aromatic rings. The predicted molar refractivity (Wildman–Crippen MR) is 78.4 cm³/mol. The van der Waals surface area contributed by atoms with E-state index in [1.807, 2.05) is 0 Å². The molecule has 1 heteroatoms. The molecule has 0 radical (unpaired) electrons. The molecule has 18 heavy (non-hydrogen) atoms. The highest BCUT2D eigenvalue weighted by Crippen LogP contribution is 2.42. The monoisotopic (exact) mass is 244 g/mol. The Hall–Kier alpha value is -1.24. The Morgan fingerprint density at radius 2 is 1.72 bits per heavy atom. The van der Waals surface area contributed by atoms with Gasteiger partial charge in [0.25, 0.3) is 0 Å². The van der Waals surface area contributed by atoms with Crippen LogP contribution < -0.4 is 4.74 Å². The number of hydrogen-bond acceptors (Lipinski definition) is 1. The molecule has 0 atom stereocenters. The summed E-state index contributed by atoms with van der Waals surface area (Å²) in [5.74, 6) is 1.12. The number of fused-ring (bicyclic) bond motifs is 1. The van der Waals surface area contributed by atoms with Crippen molar-refractivity contribution in [3.8, 4) is 5.75 Å². The van der Waals surface area contributed by atoms with Crippen molar-refractivity contribution in [2.45, 2.75) is 60.0 Å². The number of allylic oxidation sites excluding steroid dienone is 1. The average molecular weight is 244 g/mol. The van der Waals surface area contributed by atoms with Crippen LogP contribution in [0.2, 0.25) is 0 Å². The molecule has 1 heterocycles.